The number of hydrogen-bond acceptors (Lipinski definition) is 1. The first-order valence-electron chi connectivity index (χ1n) is 6.49. The third-order valence-corrected chi connectivity index (χ3v) is 2.93. The number of halogens is 1. The Morgan fingerprint density at radius 3 is 2.30 bits per heavy atom. The monoisotopic (exact) mass is 272 g/mol. The molecule has 0 bridgehead atoms. The van der Waals surface area contributed by atoms with Crippen molar-refractivity contribution in [3.8, 4) is 0 Å². The molecule has 20 heavy (non-hydrogen) atoms. The Morgan fingerprint density at radius 2 is 1.65 bits per heavy atom. The van der Waals surface area contributed by atoms with Crippen LogP contribution < -0.4 is 10.6 Å². The SMILES string of the molecule is CC(C)c1ccccc1NC(=O)Nc1ccc(F)cc1. The Kier molecular flexibility index (Phi) is 4.35. The molecule has 0 aromatic heterocycles. The smallest absolute Gasteiger partial charge is 0.308 e. The van der Waals surface area contributed by atoms with Gasteiger partial charge in [0.2, 0.25) is 0 Å². The molecule has 0 aliphatic rings. The van der Waals surface area contributed by atoms with Crippen molar-refractivity contribution in [3.05, 3.63) is 59.9 Å². The standard InChI is InChI=1S/C16H17FN2O/c1-11(2)14-5-3-4-6-15(14)19-16(20)18-13-9-7-12(17)8-10-13/h3-11H,1-2H3,(H2,18,19,20). The summed E-state index contributed by atoms with van der Waals surface area (Å²) in [6.07, 6.45) is 0. The van der Waals surface area contributed by atoms with Crippen LogP contribution in [0.5, 0.6) is 0 Å². The van der Waals surface area contributed by atoms with E-state index in [1.54, 1.807) is 0 Å². The van der Waals surface area contributed by atoms with Gasteiger partial charge < -0.3 is 10.6 Å². The summed E-state index contributed by atoms with van der Waals surface area (Å²) >= 11 is 0. The molecule has 0 saturated heterocycles. The fourth-order valence-electron chi connectivity index (χ4n) is 1.93. The molecule has 0 atom stereocenters. The van der Waals surface area contributed by atoms with Gasteiger partial charge in [-0.2, -0.15) is 0 Å². The van der Waals surface area contributed by atoms with E-state index in [4.69, 9.17) is 0 Å². The van der Waals surface area contributed by atoms with Gasteiger partial charge in [0, 0.05) is 11.4 Å². The van der Waals surface area contributed by atoms with Crippen LogP contribution in [0.2, 0.25) is 0 Å². The molecule has 2 aromatic rings. The van der Waals surface area contributed by atoms with Crippen LogP contribution in [0.15, 0.2) is 48.5 Å². The van der Waals surface area contributed by atoms with Gasteiger partial charge in [0.1, 0.15) is 5.82 Å². The summed E-state index contributed by atoms with van der Waals surface area (Å²) in [5, 5.41) is 5.48. The first-order valence-corrected chi connectivity index (χ1v) is 6.49. The van der Waals surface area contributed by atoms with E-state index in [1.165, 1.54) is 24.3 Å². The maximum Gasteiger partial charge on any atom is 0.323 e. The Hall–Kier alpha value is -2.36. The molecule has 2 aromatic carbocycles. The highest BCUT2D eigenvalue weighted by atomic mass is 19.1. The summed E-state index contributed by atoms with van der Waals surface area (Å²) < 4.78 is 12.8. The van der Waals surface area contributed by atoms with Crippen molar-refractivity contribution < 1.29 is 9.18 Å². The first kappa shape index (κ1) is 14.1. The minimum absolute atomic E-state index is 0.317. The van der Waals surface area contributed by atoms with Gasteiger partial charge in [0.25, 0.3) is 0 Å². The second-order valence-corrected chi connectivity index (χ2v) is 4.83. The number of rotatable bonds is 3. The number of benzene rings is 2. The molecule has 4 heteroatoms. The van der Waals surface area contributed by atoms with Crippen molar-refractivity contribution in [2.75, 3.05) is 10.6 Å². The summed E-state index contributed by atoms with van der Waals surface area (Å²) in [6.45, 7) is 4.14. The molecule has 0 aliphatic carbocycles. The first-order chi connectivity index (χ1) is 9.56. The number of hydrogen-bond donors (Lipinski definition) is 2. The van der Waals surface area contributed by atoms with Crippen LogP contribution in [0.1, 0.15) is 25.3 Å². The minimum Gasteiger partial charge on any atom is -0.308 e. The van der Waals surface area contributed by atoms with Gasteiger partial charge >= 0.3 is 6.03 Å². The van der Waals surface area contributed by atoms with Crippen LogP contribution in [0.25, 0.3) is 0 Å². The highest BCUT2D eigenvalue weighted by molar-refractivity contribution is 6.00. The zero-order valence-corrected chi connectivity index (χ0v) is 11.5. The Labute approximate surface area is 117 Å². The third kappa shape index (κ3) is 3.57. The quantitative estimate of drug-likeness (QED) is 0.842. The second-order valence-electron chi connectivity index (χ2n) is 4.83. The largest absolute Gasteiger partial charge is 0.323 e. The van der Waals surface area contributed by atoms with Crippen molar-refractivity contribution in [2.45, 2.75) is 19.8 Å². The fraction of sp³-hybridized carbons (Fsp3) is 0.188. The molecule has 0 radical (unpaired) electrons. The van der Waals surface area contributed by atoms with Crippen molar-refractivity contribution in [1.82, 2.24) is 0 Å². The van der Waals surface area contributed by atoms with Crippen LogP contribution in [0.3, 0.4) is 0 Å². The van der Waals surface area contributed by atoms with E-state index >= 15 is 0 Å². The number of para-hydroxylation sites is 1. The number of anilines is 2. The van der Waals surface area contributed by atoms with Crippen LogP contribution in [0, 0.1) is 5.82 Å². The molecule has 2 amide bonds. The minimum atomic E-state index is -0.343. The number of urea groups is 1. The Bertz CT molecular complexity index is 594. The molecule has 2 rings (SSSR count). The highest BCUT2D eigenvalue weighted by Crippen LogP contribution is 2.23. The van der Waals surface area contributed by atoms with Gasteiger partial charge in [-0.1, -0.05) is 32.0 Å². The number of nitrogens with one attached hydrogen (secondary N) is 2. The van der Waals surface area contributed by atoms with Gasteiger partial charge in [-0.25, -0.2) is 9.18 Å². The van der Waals surface area contributed by atoms with E-state index in [1.807, 2.05) is 24.3 Å². The molecule has 0 spiro atoms. The lowest BCUT2D eigenvalue weighted by Crippen LogP contribution is -2.20. The van der Waals surface area contributed by atoms with Crippen LogP contribution in [-0.2, 0) is 0 Å². The molecule has 3 nitrogen and oxygen atoms in total. The molecule has 0 unspecified atom stereocenters. The molecule has 0 heterocycles. The van der Waals surface area contributed by atoms with Crippen molar-refractivity contribution in [2.24, 2.45) is 0 Å². The van der Waals surface area contributed by atoms with Gasteiger partial charge in [-0.05, 0) is 41.8 Å². The van der Waals surface area contributed by atoms with E-state index in [-0.39, 0.29) is 11.8 Å². The summed E-state index contributed by atoms with van der Waals surface area (Å²) in [6, 6.07) is 13.0. The topological polar surface area (TPSA) is 41.1 Å². The van der Waals surface area contributed by atoms with Crippen LogP contribution in [0.4, 0.5) is 20.6 Å². The van der Waals surface area contributed by atoms with Crippen LogP contribution in [-0.4, -0.2) is 6.03 Å². The summed E-state index contributed by atoms with van der Waals surface area (Å²) in [7, 11) is 0. The number of carbonyl (C=O) groups excluding carboxylic acids is 1. The molecule has 104 valence electrons. The average molecular weight is 272 g/mol. The Morgan fingerprint density at radius 1 is 1.00 bits per heavy atom. The van der Waals surface area contributed by atoms with E-state index in [2.05, 4.69) is 24.5 Å². The normalized spacial score (nSPS) is 10.4. The van der Waals surface area contributed by atoms with Crippen molar-refractivity contribution >= 4 is 17.4 Å². The van der Waals surface area contributed by atoms with E-state index in [9.17, 15) is 9.18 Å². The lowest BCUT2D eigenvalue weighted by Gasteiger charge is -2.14. The van der Waals surface area contributed by atoms with Gasteiger partial charge in [-0.15, -0.1) is 0 Å². The maximum atomic E-state index is 12.8. The van der Waals surface area contributed by atoms with E-state index < -0.39 is 0 Å². The zero-order valence-electron chi connectivity index (χ0n) is 11.5. The third-order valence-electron chi connectivity index (χ3n) is 2.93. The molecular weight excluding hydrogens is 255 g/mol. The van der Waals surface area contributed by atoms with Crippen molar-refractivity contribution in [3.63, 3.8) is 0 Å². The van der Waals surface area contributed by atoms with Gasteiger partial charge in [0.15, 0.2) is 0 Å². The summed E-state index contributed by atoms with van der Waals surface area (Å²) in [5.74, 6) is -0.0153. The predicted molar refractivity (Wildman–Crippen MR) is 79.6 cm³/mol. The van der Waals surface area contributed by atoms with Gasteiger partial charge in [0.05, 0.1) is 0 Å². The van der Waals surface area contributed by atoms with Crippen molar-refractivity contribution in [1.29, 1.82) is 0 Å². The lowest BCUT2D eigenvalue weighted by atomic mass is 10.0. The molecule has 0 fully saturated rings. The summed E-state index contributed by atoms with van der Waals surface area (Å²) in [4.78, 5) is 11.9. The summed E-state index contributed by atoms with van der Waals surface area (Å²) in [5.41, 5.74) is 2.40. The maximum absolute atomic E-state index is 12.8. The lowest BCUT2D eigenvalue weighted by molar-refractivity contribution is 0.262. The van der Waals surface area contributed by atoms with E-state index in [0.717, 1.165) is 11.3 Å². The highest BCUT2D eigenvalue weighted by Gasteiger charge is 2.09. The Balaban J connectivity index is 2.07. The molecule has 2 N–H and O–H groups in total. The number of carbonyl (C=O) groups is 1. The molecule has 0 saturated carbocycles. The average Bonchev–Trinajstić information content (AvgIpc) is 2.41. The predicted octanol–water partition coefficient (Wildman–Crippen LogP) is 4.59. The second kappa shape index (κ2) is 6.19. The zero-order chi connectivity index (χ0) is 14.5. The van der Waals surface area contributed by atoms with Gasteiger partial charge in [-0.3, -0.25) is 0 Å². The molecule has 0 aliphatic heterocycles. The van der Waals surface area contributed by atoms with Crippen LogP contribution >= 0.6 is 0 Å². The van der Waals surface area contributed by atoms with E-state index in [0.29, 0.717) is 11.6 Å². The number of amides is 2. The molecular formula is C16H17FN2O. The fourth-order valence-corrected chi connectivity index (χ4v) is 1.93.